The highest BCUT2D eigenvalue weighted by Gasteiger charge is 2.07. The second kappa shape index (κ2) is 4.43. The van der Waals surface area contributed by atoms with Crippen molar-refractivity contribution in [1.82, 2.24) is 5.16 Å². The maximum atomic E-state index is 5.28. The van der Waals surface area contributed by atoms with E-state index in [0.29, 0.717) is 0 Å². The smallest absolute Gasteiger partial charge is 0.179 e. The van der Waals surface area contributed by atoms with Crippen molar-refractivity contribution in [2.24, 2.45) is 0 Å². The summed E-state index contributed by atoms with van der Waals surface area (Å²) in [7, 11) is 0. The van der Waals surface area contributed by atoms with Gasteiger partial charge in [0.25, 0.3) is 0 Å². The summed E-state index contributed by atoms with van der Waals surface area (Å²) in [5, 5.41) is 9.19. The van der Waals surface area contributed by atoms with Gasteiger partial charge in [0.2, 0.25) is 0 Å². The summed E-state index contributed by atoms with van der Waals surface area (Å²) in [6.07, 6.45) is 0. The van der Waals surface area contributed by atoms with E-state index in [2.05, 4.69) is 10.5 Å². The molecule has 0 aliphatic rings. The molecule has 0 fully saturated rings. The lowest BCUT2D eigenvalue weighted by molar-refractivity contribution is 0.436. The van der Waals surface area contributed by atoms with Gasteiger partial charge in [0.15, 0.2) is 11.6 Å². The van der Waals surface area contributed by atoms with Crippen molar-refractivity contribution in [2.45, 2.75) is 0 Å². The van der Waals surface area contributed by atoms with E-state index >= 15 is 0 Å². The molecule has 3 rings (SSSR count). The lowest BCUT2D eigenvalue weighted by Gasteiger charge is -1.99. The first-order valence-electron chi connectivity index (χ1n) is 5.24. The van der Waals surface area contributed by atoms with Gasteiger partial charge in [-0.15, -0.1) is 11.3 Å². The molecule has 0 bridgehead atoms. The van der Waals surface area contributed by atoms with Gasteiger partial charge >= 0.3 is 0 Å². The van der Waals surface area contributed by atoms with Gasteiger partial charge in [-0.3, -0.25) is 0 Å². The van der Waals surface area contributed by atoms with Crippen LogP contribution in [0.1, 0.15) is 0 Å². The predicted molar refractivity (Wildman–Crippen MR) is 69.5 cm³/mol. The molecule has 3 nitrogen and oxygen atoms in total. The number of aromatic nitrogens is 1. The van der Waals surface area contributed by atoms with Gasteiger partial charge in [-0.1, -0.05) is 29.4 Å². The fraction of sp³-hybridized carbons (Fsp3) is 0. The molecule has 84 valence electrons. The summed E-state index contributed by atoms with van der Waals surface area (Å²) in [5.41, 5.74) is 0.999. The van der Waals surface area contributed by atoms with E-state index in [-0.39, 0.29) is 0 Å². The Morgan fingerprint density at radius 3 is 2.71 bits per heavy atom. The van der Waals surface area contributed by atoms with Crippen LogP contribution in [-0.4, -0.2) is 5.16 Å². The first-order valence-corrected chi connectivity index (χ1v) is 6.12. The van der Waals surface area contributed by atoms with E-state index in [4.69, 9.17) is 4.52 Å². The molecule has 0 saturated carbocycles. The number of thiophene rings is 1. The Labute approximate surface area is 103 Å². The summed E-state index contributed by atoms with van der Waals surface area (Å²) in [6, 6.07) is 15.8. The minimum atomic E-state index is 0.722. The topological polar surface area (TPSA) is 38.1 Å². The number of nitrogens with zero attached hydrogens (tertiary/aromatic N) is 1. The number of nitrogens with one attached hydrogen (secondary N) is 1. The lowest BCUT2D eigenvalue weighted by atomic mass is 10.3. The van der Waals surface area contributed by atoms with E-state index in [1.165, 1.54) is 0 Å². The average Bonchev–Trinajstić information content (AvgIpc) is 3.00. The highest BCUT2D eigenvalue weighted by atomic mass is 32.1. The molecule has 17 heavy (non-hydrogen) atoms. The predicted octanol–water partition coefficient (Wildman–Crippen LogP) is 4.15. The molecule has 2 aromatic heterocycles. The zero-order chi connectivity index (χ0) is 11.5. The zero-order valence-electron chi connectivity index (χ0n) is 8.96. The Balaban J connectivity index is 1.82. The Bertz CT molecular complexity index is 587. The first-order chi connectivity index (χ1) is 8.42. The molecule has 1 aromatic carbocycles. The first kappa shape index (κ1) is 10.1. The second-order valence-corrected chi connectivity index (χ2v) is 4.49. The molecule has 3 aromatic rings. The van der Waals surface area contributed by atoms with Crippen LogP contribution >= 0.6 is 11.3 Å². The van der Waals surface area contributed by atoms with Gasteiger partial charge in [-0.25, -0.2) is 0 Å². The lowest BCUT2D eigenvalue weighted by Crippen LogP contribution is -1.88. The molecule has 0 amide bonds. The number of hydrogen-bond donors (Lipinski definition) is 1. The van der Waals surface area contributed by atoms with Crippen molar-refractivity contribution in [3.8, 4) is 10.6 Å². The Kier molecular flexibility index (Phi) is 2.63. The number of anilines is 2. The van der Waals surface area contributed by atoms with Crippen LogP contribution in [0, 0.1) is 0 Å². The summed E-state index contributed by atoms with van der Waals surface area (Å²) < 4.78 is 5.28. The van der Waals surface area contributed by atoms with Crippen LogP contribution < -0.4 is 5.32 Å². The van der Waals surface area contributed by atoms with Gasteiger partial charge in [-0.05, 0) is 23.6 Å². The maximum absolute atomic E-state index is 5.28. The molecule has 4 heteroatoms. The zero-order valence-corrected chi connectivity index (χ0v) is 9.78. The van der Waals surface area contributed by atoms with Crippen LogP contribution in [0.3, 0.4) is 0 Å². The number of para-hydroxylation sites is 1. The average molecular weight is 242 g/mol. The van der Waals surface area contributed by atoms with Crippen LogP contribution in [0.25, 0.3) is 10.6 Å². The molecule has 0 aliphatic carbocycles. The molecule has 0 aliphatic heterocycles. The quantitative estimate of drug-likeness (QED) is 0.749. The third-order valence-corrected chi connectivity index (χ3v) is 3.20. The van der Waals surface area contributed by atoms with Crippen molar-refractivity contribution >= 4 is 22.8 Å². The monoisotopic (exact) mass is 242 g/mol. The van der Waals surface area contributed by atoms with Gasteiger partial charge < -0.3 is 9.84 Å². The summed E-state index contributed by atoms with van der Waals surface area (Å²) in [4.78, 5) is 1.08. The van der Waals surface area contributed by atoms with Crippen LogP contribution in [0.5, 0.6) is 0 Å². The van der Waals surface area contributed by atoms with E-state index in [0.717, 1.165) is 22.1 Å². The summed E-state index contributed by atoms with van der Waals surface area (Å²) >= 11 is 1.63. The van der Waals surface area contributed by atoms with E-state index in [1.807, 2.05) is 53.9 Å². The van der Waals surface area contributed by atoms with Crippen LogP contribution in [0.2, 0.25) is 0 Å². The Hall–Kier alpha value is -2.07. The molecule has 0 unspecified atom stereocenters. The van der Waals surface area contributed by atoms with Crippen molar-refractivity contribution < 1.29 is 4.52 Å². The van der Waals surface area contributed by atoms with Crippen LogP contribution in [0.15, 0.2) is 58.4 Å². The van der Waals surface area contributed by atoms with Gasteiger partial charge in [-0.2, -0.15) is 0 Å². The van der Waals surface area contributed by atoms with Crippen LogP contribution in [0.4, 0.5) is 11.5 Å². The van der Waals surface area contributed by atoms with Crippen molar-refractivity contribution in [2.75, 3.05) is 5.32 Å². The minimum Gasteiger partial charge on any atom is -0.353 e. The molecule has 2 heterocycles. The van der Waals surface area contributed by atoms with Crippen molar-refractivity contribution in [3.63, 3.8) is 0 Å². The van der Waals surface area contributed by atoms with Gasteiger partial charge in [0, 0.05) is 11.8 Å². The normalized spacial score (nSPS) is 10.4. The highest BCUT2D eigenvalue weighted by Crippen LogP contribution is 2.27. The Morgan fingerprint density at radius 1 is 1.06 bits per heavy atom. The number of hydrogen-bond acceptors (Lipinski definition) is 4. The SMILES string of the molecule is c1ccc(Nc2cc(-c3cccs3)on2)cc1. The molecular weight excluding hydrogens is 232 g/mol. The van der Waals surface area contributed by atoms with E-state index < -0.39 is 0 Å². The van der Waals surface area contributed by atoms with Crippen LogP contribution in [-0.2, 0) is 0 Å². The fourth-order valence-electron chi connectivity index (χ4n) is 1.54. The molecule has 0 radical (unpaired) electrons. The number of benzene rings is 1. The standard InChI is InChI=1S/C13H10N2OS/c1-2-5-10(6-3-1)14-13-9-11(16-15-13)12-7-4-8-17-12/h1-9H,(H,14,15). The van der Waals surface area contributed by atoms with E-state index in [1.54, 1.807) is 11.3 Å². The van der Waals surface area contributed by atoms with Gasteiger partial charge in [0.05, 0.1) is 4.88 Å². The molecule has 0 atom stereocenters. The maximum Gasteiger partial charge on any atom is 0.179 e. The summed E-state index contributed by atoms with van der Waals surface area (Å²) in [5.74, 6) is 1.51. The van der Waals surface area contributed by atoms with Crippen molar-refractivity contribution in [3.05, 3.63) is 53.9 Å². The third kappa shape index (κ3) is 2.21. The van der Waals surface area contributed by atoms with Gasteiger partial charge in [0.1, 0.15) is 0 Å². The summed E-state index contributed by atoms with van der Waals surface area (Å²) in [6.45, 7) is 0. The molecular formula is C13H10N2OS. The number of rotatable bonds is 3. The largest absolute Gasteiger partial charge is 0.353 e. The third-order valence-electron chi connectivity index (χ3n) is 2.32. The Morgan fingerprint density at radius 2 is 1.94 bits per heavy atom. The minimum absolute atomic E-state index is 0.722. The molecule has 0 saturated heterocycles. The van der Waals surface area contributed by atoms with Crippen molar-refractivity contribution in [1.29, 1.82) is 0 Å². The molecule has 0 spiro atoms. The highest BCUT2D eigenvalue weighted by molar-refractivity contribution is 7.13. The molecule has 1 N–H and O–H groups in total. The fourth-order valence-corrected chi connectivity index (χ4v) is 2.21. The van der Waals surface area contributed by atoms with E-state index in [9.17, 15) is 0 Å². The second-order valence-electron chi connectivity index (χ2n) is 3.54.